The van der Waals surface area contributed by atoms with E-state index >= 15 is 0 Å². The van der Waals surface area contributed by atoms with Crippen molar-refractivity contribution >= 4 is 21.8 Å². The van der Waals surface area contributed by atoms with Crippen LogP contribution in [0.3, 0.4) is 0 Å². The number of likely N-dealkylation sites (tertiary alicyclic amines) is 1. The highest BCUT2D eigenvalue weighted by Gasteiger charge is 2.52. The van der Waals surface area contributed by atoms with Crippen molar-refractivity contribution < 1.29 is 18.0 Å². The van der Waals surface area contributed by atoms with Gasteiger partial charge in [-0.15, -0.1) is 0 Å². The van der Waals surface area contributed by atoms with E-state index < -0.39 is 17.8 Å². The van der Waals surface area contributed by atoms with Crippen LogP contribution in [-0.4, -0.2) is 40.6 Å². The van der Waals surface area contributed by atoms with E-state index in [1.54, 1.807) is 6.07 Å². The first kappa shape index (κ1) is 15.7. The highest BCUT2D eigenvalue weighted by Crippen LogP contribution is 2.42. The van der Waals surface area contributed by atoms with Crippen LogP contribution in [-0.2, 0) is 4.79 Å². The third-order valence-corrected chi connectivity index (χ3v) is 4.79. The van der Waals surface area contributed by atoms with E-state index in [4.69, 9.17) is 0 Å². The Morgan fingerprint density at radius 1 is 1.36 bits per heavy atom. The van der Waals surface area contributed by atoms with Crippen molar-refractivity contribution in [1.29, 1.82) is 0 Å². The average molecular weight is 378 g/mol. The number of hydrogen-bond acceptors (Lipinski definition) is 3. The fourth-order valence-corrected chi connectivity index (χ4v) is 3.55. The van der Waals surface area contributed by atoms with Crippen LogP contribution in [0.15, 0.2) is 22.8 Å². The molecule has 0 aliphatic carbocycles. The molecule has 2 unspecified atom stereocenters. The predicted octanol–water partition coefficient (Wildman–Crippen LogP) is 2.80. The van der Waals surface area contributed by atoms with Gasteiger partial charge in [0.1, 0.15) is 6.04 Å². The Bertz CT molecular complexity index is 578. The van der Waals surface area contributed by atoms with Gasteiger partial charge in [-0.2, -0.15) is 13.2 Å². The molecule has 3 heterocycles. The summed E-state index contributed by atoms with van der Waals surface area (Å²) < 4.78 is 41.2. The van der Waals surface area contributed by atoms with Gasteiger partial charge in [0, 0.05) is 30.2 Å². The largest absolute Gasteiger partial charge is 0.409 e. The van der Waals surface area contributed by atoms with Gasteiger partial charge in [-0.25, -0.2) is 0 Å². The molecule has 2 saturated heterocycles. The first-order valence-corrected chi connectivity index (χ1v) is 7.82. The number of halogens is 4. The lowest BCUT2D eigenvalue weighted by atomic mass is 9.97. The third-order valence-electron chi connectivity index (χ3n) is 4.32. The molecule has 2 aliphatic rings. The second kappa shape index (κ2) is 5.49. The van der Waals surface area contributed by atoms with Gasteiger partial charge in [-0.05, 0) is 40.9 Å². The van der Waals surface area contributed by atoms with Crippen LogP contribution < -0.4 is 5.32 Å². The number of nitrogens with one attached hydrogen (secondary N) is 1. The zero-order chi connectivity index (χ0) is 16.0. The Hall–Kier alpha value is -1.15. The van der Waals surface area contributed by atoms with Gasteiger partial charge in [-0.1, -0.05) is 0 Å². The van der Waals surface area contributed by atoms with Crippen LogP contribution in [0.2, 0.25) is 0 Å². The Kier molecular flexibility index (Phi) is 3.92. The molecule has 4 nitrogen and oxygen atoms in total. The maximum absolute atomic E-state index is 13.5. The van der Waals surface area contributed by atoms with Gasteiger partial charge >= 0.3 is 6.18 Å². The molecule has 2 aliphatic heterocycles. The molecule has 2 atom stereocenters. The number of carbonyl (C=O) groups is 1. The third kappa shape index (κ3) is 2.99. The van der Waals surface area contributed by atoms with E-state index in [-0.39, 0.29) is 18.1 Å². The number of carbonyl (C=O) groups excluding carboxylic acids is 1. The minimum Gasteiger partial charge on any atom is -0.349 e. The van der Waals surface area contributed by atoms with Crippen molar-refractivity contribution in [2.45, 2.75) is 37.0 Å². The molecule has 2 fully saturated rings. The average Bonchev–Trinajstić information content (AvgIpc) is 2.98. The molecule has 8 heteroatoms. The van der Waals surface area contributed by atoms with Crippen molar-refractivity contribution in [2.75, 3.05) is 13.1 Å². The van der Waals surface area contributed by atoms with Crippen LogP contribution >= 0.6 is 15.9 Å². The standard InChI is InChI=1S/C14H15BrF3N3O/c15-9-1-2-10(19-7-9)12(14(16,17)18)21-6-5-13(8-21)4-3-11(22)20-13/h1-2,7,12H,3-6,8H2,(H,20,22). The smallest absolute Gasteiger partial charge is 0.349 e. The number of pyridine rings is 1. The number of nitrogens with zero attached hydrogens (tertiary/aromatic N) is 2. The van der Waals surface area contributed by atoms with E-state index in [0.29, 0.717) is 30.3 Å². The van der Waals surface area contributed by atoms with Crippen LogP contribution in [0.4, 0.5) is 13.2 Å². The van der Waals surface area contributed by atoms with Crippen molar-refractivity contribution in [3.05, 3.63) is 28.5 Å². The van der Waals surface area contributed by atoms with Crippen molar-refractivity contribution in [3.8, 4) is 0 Å². The van der Waals surface area contributed by atoms with Gasteiger partial charge in [0.25, 0.3) is 0 Å². The number of rotatable bonds is 2. The van der Waals surface area contributed by atoms with Crippen LogP contribution in [0, 0.1) is 0 Å². The molecule has 22 heavy (non-hydrogen) atoms. The summed E-state index contributed by atoms with van der Waals surface area (Å²) in [4.78, 5) is 16.7. The fourth-order valence-electron chi connectivity index (χ4n) is 3.32. The molecule has 0 aromatic carbocycles. The van der Waals surface area contributed by atoms with Crippen molar-refractivity contribution in [3.63, 3.8) is 0 Å². The van der Waals surface area contributed by atoms with Crippen LogP contribution in [0.1, 0.15) is 31.0 Å². The maximum Gasteiger partial charge on any atom is 0.409 e. The van der Waals surface area contributed by atoms with Crippen molar-refractivity contribution in [2.24, 2.45) is 0 Å². The zero-order valence-electron chi connectivity index (χ0n) is 11.7. The van der Waals surface area contributed by atoms with Gasteiger partial charge < -0.3 is 5.32 Å². The van der Waals surface area contributed by atoms with Gasteiger partial charge in [0.2, 0.25) is 5.91 Å². The number of hydrogen-bond donors (Lipinski definition) is 1. The van der Waals surface area contributed by atoms with Crippen LogP contribution in [0.5, 0.6) is 0 Å². The number of amides is 1. The molecule has 0 bridgehead atoms. The summed E-state index contributed by atoms with van der Waals surface area (Å²) in [5.74, 6) is -0.0767. The molecule has 1 aromatic heterocycles. The van der Waals surface area contributed by atoms with E-state index in [1.807, 2.05) is 0 Å². The predicted molar refractivity (Wildman–Crippen MR) is 77.0 cm³/mol. The number of aromatic nitrogens is 1. The second-order valence-electron chi connectivity index (χ2n) is 5.89. The molecule has 3 rings (SSSR count). The SMILES string of the molecule is O=C1CCC2(CCN(C(c3ccc(Br)cn3)C(F)(F)F)C2)N1. The summed E-state index contributed by atoms with van der Waals surface area (Å²) in [6, 6.07) is 1.21. The van der Waals surface area contributed by atoms with E-state index in [2.05, 4.69) is 26.2 Å². The Morgan fingerprint density at radius 3 is 2.68 bits per heavy atom. The Balaban J connectivity index is 1.85. The molecule has 120 valence electrons. The molecule has 0 saturated carbocycles. The second-order valence-corrected chi connectivity index (χ2v) is 6.81. The normalized spacial score (nSPS) is 27.4. The molecule has 1 spiro atoms. The highest BCUT2D eigenvalue weighted by molar-refractivity contribution is 9.10. The van der Waals surface area contributed by atoms with E-state index in [9.17, 15) is 18.0 Å². The Labute approximate surface area is 134 Å². The lowest BCUT2D eigenvalue weighted by Gasteiger charge is -2.31. The quantitative estimate of drug-likeness (QED) is 0.861. The summed E-state index contributed by atoms with van der Waals surface area (Å²) in [5, 5.41) is 2.85. The minimum atomic E-state index is -4.41. The van der Waals surface area contributed by atoms with E-state index in [1.165, 1.54) is 17.2 Å². The monoisotopic (exact) mass is 377 g/mol. The summed E-state index contributed by atoms with van der Waals surface area (Å²) in [5.41, 5.74) is -0.521. The summed E-state index contributed by atoms with van der Waals surface area (Å²) in [6.45, 7) is 0.503. The number of alkyl halides is 3. The molecule has 0 radical (unpaired) electrons. The topological polar surface area (TPSA) is 45.2 Å². The lowest BCUT2D eigenvalue weighted by molar-refractivity contribution is -0.185. The van der Waals surface area contributed by atoms with Gasteiger partial charge in [0.05, 0.1) is 11.2 Å². The summed E-state index contributed by atoms with van der Waals surface area (Å²) in [6.07, 6.45) is -1.50. The molecule has 1 aromatic rings. The Morgan fingerprint density at radius 2 is 2.14 bits per heavy atom. The molecule has 1 N–H and O–H groups in total. The zero-order valence-corrected chi connectivity index (χ0v) is 13.2. The van der Waals surface area contributed by atoms with Gasteiger partial charge in [-0.3, -0.25) is 14.7 Å². The minimum absolute atomic E-state index is 0.0166. The first-order chi connectivity index (χ1) is 10.3. The molecule has 1 amide bonds. The highest BCUT2D eigenvalue weighted by atomic mass is 79.9. The maximum atomic E-state index is 13.5. The summed E-state index contributed by atoms with van der Waals surface area (Å²) >= 11 is 3.18. The lowest BCUT2D eigenvalue weighted by Crippen LogP contribution is -2.46. The first-order valence-electron chi connectivity index (χ1n) is 7.02. The van der Waals surface area contributed by atoms with E-state index in [0.717, 1.165) is 0 Å². The van der Waals surface area contributed by atoms with Gasteiger partial charge in [0.15, 0.2) is 0 Å². The molecular weight excluding hydrogens is 363 g/mol. The van der Waals surface area contributed by atoms with Crippen LogP contribution in [0.25, 0.3) is 0 Å². The summed E-state index contributed by atoms with van der Waals surface area (Å²) in [7, 11) is 0. The fraction of sp³-hybridized carbons (Fsp3) is 0.571. The molecular formula is C14H15BrF3N3O. The van der Waals surface area contributed by atoms with Crippen molar-refractivity contribution in [1.82, 2.24) is 15.2 Å².